The summed E-state index contributed by atoms with van der Waals surface area (Å²) in [6.45, 7) is 3.94. The van der Waals surface area contributed by atoms with Crippen molar-refractivity contribution in [3.05, 3.63) is 77.3 Å². The highest BCUT2D eigenvalue weighted by Crippen LogP contribution is 2.46. The molecule has 29 heavy (non-hydrogen) atoms. The third-order valence-corrected chi connectivity index (χ3v) is 5.77. The van der Waals surface area contributed by atoms with Crippen molar-refractivity contribution in [2.45, 2.75) is 38.5 Å². The maximum Gasteiger partial charge on any atom is 0.315 e. The van der Waals surface area contributed by atoms with Crippen LogP contribution in [0.3, 0.4) is 0 Å². The van der Waals surface area contributed by atoms with E-state index in [1.165, 1.54) is 0 Å². The Bertz CT molecular complexity index is 980. The molecule has 2 aromatic rings. The molecule has 5 nitrogen and oxygen atoms in total. The molecule has 0 radical (unpaired) electrons. The Morgan fingerprint density at radius 1 is 1.07 bits per heavy atom. The Morgan fingerprint density at radius 2 is 1.79 bits per heavy atom. The van der Waals surface area contributed by atoms with E-state index in [9.17, 15) is 9.59 Å². The predicted molar refractivity (Wildman–Crippen MR) is 111 cm³/mol. The van der Waals surface area contributed by atoms with E-state index < -0.39 is 5.92 Å². The zero-order valence-electron chi connectivity index (χ0n) is 16.7. The van der Waals surface area contributed by atoms with Crippen LogP contribution in [-0.4, -0.2) is 29.1 Å². The van der Waals surface area contributed by atoms with Crippen molar-refractivity contribution < 1.29 is 14.3 Å². The molecule has 3 atom stereocenters. The lowest BCUT2D eigenvalue weighted by Crippen LogP contribution is -2.38. The molecule has 148 valence electrons. The highest BCUT2D eigenvalue weighted by atomic mass is 16.5. The van der Waals surface area contributed by atoms with Gasteiger partial charge in [-0.2, -0.15) is 0 Å². The quantitative estimate of drug-likeness (QED) is 0.736. The smallest absolute Gasteiger partial charge is 0.315 e. The van der Waals surface area contributed by atoms with Crippen LogP contribution in [0.25, 0.3) is 0 Å². The summed E-state index contributed by atoms with van der Waals surface area (Å²) in [4.78, 5) is 35.0. The minimum absolute atomic E-state index is 0.0625. The van der Waals surface area contributed by atoms with Crippen LogP contribution in [0, 0.1) is 5.92 Å². The van der Waals surface area contributed by atoms with E-state index in [2.05, 4.69) is 17.1 Å². The molecule has 1 aromatic carbocycles. The number of rotatable bonds is 4. The lowest BCUT2D eigenvalue weighted by atomic mass is 9.69. The molecule has 1 aromatic heterocycles. The first-order valence-corrected chi connectivity index (χ1v) is 10.0. The summed E-state index contributed by atoms with van der Waals surface area (Å²) < 4.78 is 5.34. The highest BCUT2D eigenvalue weighted by Gasteiger charge is 2.44. The number of nitrogens with zero attached hydrogens (tertiary/aromatic N) is 2. The van der Waals surface area contributed by atoms with Crippen molar-refractivity contribution in [2.75, 3.05) is 6.61 Å². The van der Waals surface area contributed by atoms with Gasteiger partial charge in [0.15, 0.2) is 5.78 Å². The summed E-state index contributed by atoms with van der Waals surface area (Å²) in [5, 5.41) is 0. The normalized spacial score (nSPS) is 24.0. The fourth-order valence-electron chi connectivity index (χ4n) is 4.49. The number of hydrogen-bond acceptors (Lipinski definition) is 5. The van der Waals surface area contributed by atoms with Gasteiger partial charge in [0.25, 0.3) is 0 Å². The zero-order valence-corrected chi connectivity index (χ0v) is 16.7. The molecular formula is C24H24N2O3. The van der Waals surface area contributed by atoms with Crippen molar-refractivity contribution >= 4 is 17.5 Å². The van der Waals surface area contributed by atoms with Gasteiger partial charge >= 0.3 is 5.97 Å². The summed E-state index contributed by atoms with van der Waals surface area (Å²) in [5.74, 6) is -1.13. The van der Waals surface area contributed by atoms with Crippen LogP contribution in [0.5, 0.6) is 0 Å². The van der Waals surface area contributed by atoms with Gasteiger partial charge in [0.05, 0.1) is 6.61 Å². The van der Waals surface area contributed by atoms with Crippen LogP contribution < -0.4 is 0 Å². The van der Waals surface area contributed by atoms with Crippen LogP contribution in [0.2, 0.25) is 0 Å². The van der Waals surface area contributed by atoms with Crippen molar-refractivity contribution in [3.8, 4) is 0 Å². The van der Waals surface area contributed by atoms with Gasteiger partial charge in [-0.1, -0.05) is 30.3 Å². The molecule has 5 heteroatoms. The number of aliphatic imine (C=N–C) groups is 1. The first kappa shape index (κ1) is 19.2. The fraction of sp³-hybridized carbons (Fsp3) is 0.333. The number of esters is 1. The van der Waals surface area contributed by atoms with Gasteiger partial charge in [-0.3, -0.25) is 19.6 Å². The second-order valence-electron chi connectivity index (χ2n) is 7.54. The molecule has 0 bridgehead atoms. The number of Topliss-reactive ketones (excluding diaryl/α,β-unsaturated/α-hetero) is 1. The molecule has 4 rings (SSSR count). The van der Waals surface area contributed by atoms with Gasteiger partial charge in [-0.15, -0.1) is 0 Å². The van der Waals surface area contributed by atoms with E-state index in [1.54, 1.807) is 19.3 Å². The number of benzene rings is 1. The summed E-state index contributed by atoms with van der Waals surface area (Å²) in [6.07, 6.45) is 4.51. The van der Waals surface area contributed by atoms with E-state index in [0.29, 0.717) is 30.7 Å². The zero-order chi connectivity index (χ0) is 20.4. The van der Waals surface area contributed by atoms with E-state index in [4.69, 9.17) is 9.73 Å². The van der Waals surface area contributed by atoms with Gasteiger partial charge in [0, 0.05) is 41.7 Å². The number of carbonyl (C=O) groups is 2. The molecule has 1 aliphatic carbocycles. The largest absolute Gasteiger partial charge is 0.465 e. The van der Waals surface area contributed by atoms with E-state index in [0.717, 1.165) is 16.8 Å². The number of aromatic nitrogens is 1. The Hall–Kier alpha value is -3.08. The topological polar surface area (TPSA) is 68.6 Å². The van der Waals surface area contributed by atoms with Crippen LogP contribution in [0.4, 0.5) is 0 Å². The third-order valence-electron chi connectivity index (χ3n) is 5.77. The van der Waals surface area contributed by atoms with Crippen LogP contribution >= 0.6 is 0 Å². The molecule has 2 heterocycles. The molecule has 1 unspecified atom stereocenters. The number of pyridine rings is 1. The molecular weight excluding hydrogens is 364 g/mol. The van der Waals surface area contributed by atoms with Gasteiger partial charge < -0.3 is 4.74 Å². The summed E-state index contributed by atoms with van der Waals surface area (Å²) >= 11 is 0. The van der Waals surface area contributed by atoms with Crippen molar-refractivity contribution in [1.82, 2.24) is 4.98 Å². The Kier molecular flexibility index (Phi) is 5.38. The maximum absolute atomic E-state index is 13.3. The molecule has 0 fully saturated rings. The standard InChI is InChI=1S/C24H24N2O3/c1-3-29-24(28)21-15(2)26-19-13-18(16-7-5-4-6-8-16)14-20(27)23(19)22(21)17-9-11-25-12-10-17/h4-12,18,21-22H,3,13-14H2,1-2H3/t18-,21?,22+/m1/s1. The van der Waals surface area contributed by atoms with Gasteiger partial charge in [-0.25, -0.2) is 0 Å². The van der Waals surface area contributed by atoms with Crippen molar-refractivity contribution in [1.29, 1.82) is 0 Å². The third kappa shape index (κ3) is 3.65. The van der Waals surface area contributed by atoms with E-state index in [-0.39, 0.29) is 23.6 Å². The maximum atomic E-state index is 13.3. The number of hydrogen-bond donors (Lipinski definition) is 0. The number of ketones is 1. The Labute approximate surface area is 170 Å². The Balaban J connectivity index is 1.79. The molecule has 0 amide bonds. The van der Waals surface area contributed by atoms with E-state index in [1.807, 2.05) is 37.3 Å². The van der Waals surface area contributed by atoms with Gasteiger partial charge in [0.2, 0.25) is 0 Å². The van der Waals surface area contributed by atoms with E-state index >= 15 is 0 Å². The second-order valence-corrected chi connectivity index (χ2v) is 7.54. The second kappa shape index (κ2) is 8.11. The molecule has 0 saturated carbocycles. The summed E-state index contributed by atoms with van der Waals surface area (Å²) in [5.41, 5.74) is 4.20. The predicted octanol–water partition coefficient (Wildman–Crippen LogP) is 4.22. The molecule has 1 aliphatic heterocycles. The van der Waals surface area contributed by atoms with Crippen molar-refractivity contribution in [3.63, 3.8) is 0 Å². The summed E-state index contributed by atoms with van der Waals surface area (Å²) in [6, 6.07) is 13.8. The number of carbonyl (C=O) groups excluding carboxylic acids is 2. The van der Waals surface area contributed by atoms with Crippen LogP contribution in [0.15, 0.2) is 71.1 Å². The van der Waals surface area contributed by atoms with Gasteiger partial charge in [0.1, 0.15) is 5.92 Å². The number of allylic oxidation sites excluding steroid dienone is 2. The Morgan fingerprint density at radius 3 is 2.48 bits per heavy atom. The lowest BCUT2D eigenvalue weighted by molar-refractivity contribution is -0.146. The molecule has 0 saturated heterocycles. The lowest BCUT2D eigenvalue weighted by Gasteiger charge is -2.36. The fourth-order valence-corrected chi connectivity index (χ4v) is 4.49. The SMILES string of the molecule is CCOC(=O)C1C(C)=NC2=C(C(=O)C[C@H](c3ccccc3)C2)[C@H]1c1ccncc1. The van der Waals surface area contributed by atoms with Gasteiger partial charge in [-0.05, 0) is 49.4 Å². The minimum atomic E-state index is -0.590. The molecule has 0 spiro atoms. The average molecular weight is 388 g/mol. The monoisotopic (exact) mass is 388 g/mol. The summed E-state index contributed by atoms with van der Waals surface area (Å²) in [7, 11) is 0. The van der Waals surface area contributed by atoms with Crippen LogP contribution in [-0.2, 0) is 14.3 Å². The minimum Gasteiger partial charge on any atom is -0.465 e. The highest BCUT2D eigenvalue weighted by molar-refractivity contribution is 6.09. The van der Waals surface area contributed by atoms with Crippen molar-refractivity contribution in [2.24, 2.45) is 10.9 Å². The molecule has 2 aliphatic rings. The number of ether oxygens (including phenoxy) is 1. The molecule has 0 N–H and O–H groups in total. The first-order valence-electron chi connectivity index (χ1n) is 10.0. The average Bonchev–Trinajstić information content (AvgIpc) is 2.74. The van der Waals surface area contributed by atoms with Crippen LogP contribution in [0.1, 0.15) is 49.7 Å². The first-order chi connectivity index (χ1) is 14.1.